The Labute approximate surface area is 80.9 Å². The molecule has 0 saturated heterocycles. The van der Waals surface area contributed by atoms with E-state index in [0.717, 1.165) is 17.7 Å². The van der Waals surface area contributed by atoms with Gasteiger partial charge in [0.1, 0.15) is 0 Å². The van der Waals surface area contributed by atoms with Crippen LogP contribution in [0.15, 0.2) is 22.7 Å². The van der Waals surface area contributed by atoms with Crippen molar-refractivity contribution in [2.24, 2.45) is 0 Å². The second-order valence-corrected chi connectivity index (χ2v) is 4.17. The van der Waals surface area contributed by atoms with Crippen LogP contribution in [0.1, 0.15) is 24.0 Å². The first-order valence-corrected chi connectivity index (χ1v) is 4.93. The second kappa shape index (κ2) is 3.19. The van der Waals surface area contributed by atoms with Gasteiger partial charge in [-0.2, -0.15) is 0 Å². The summed E-state index contributed by atoms with van der Waals surface area (Å²) in [5.74, 6) is 0.543. The maximum Gasteiger partial charge on any atom is 0.0720 e. The first kappa shape index (κ1) is 8.27. The summed E-state index contributed by atoms with van der Waals surface area (Å²) < 4.78 is 6.58. The number of halogens is 1. The van der Waals surface area contributed by atoms with E-state index in [1.807, 2.05) is 0 Å². The maximum atomic E-state index is 5.44. The molecule has 1 aliphatic rings. The minimum Gasteiger partial charge on any atom is -0.376 e. The zero-order valence-corrected chi connectivity index (χ0v) is 8.60. The predicted octanol–water partition coefficient (Wildman–Crippen LogP) is 3.08. The Balaban J connectivity index is 2.46. The molecule has 0 saturated carbocycles. The lowest BCUT2D eigenvalue weighted by molar-refractivity contribution is 0.0950. The molecule has 12 heavy (non-hydrogen) atoms. The number of fused-ring (bicyclic) bond motifs is 1. The highest BCUT2D eigenvalue weighted by molar-refractivity contribution is 9.10. The molecular weight excluding hydrogens is 216 g/mol. The Morgan fingerprint density at radius 1 is 1.50 bits per heavy atom. The van der Waals surface area contributed by atoms with Crippen LogP contribution >= 0.6 is 15.9 Å². The molecule has 2 heteroatoms. The van der Waals surface area contributed by atoms with Crippen molar-refractivity contribution in [3.05, 3.63) is 33.8 Å². The molecule has 0 spiro atoms. The Morgan fingerprint density at radius 2 is 2.33 bits per heavy atom. The summed E-state index contributed by atoms with van der Waals surface area (Å²) in [6, 6.07) is 6.43. The summed E-state index contributed by atoms with van der Waals surface area (Å²) in [5, 5.41) is 0. The molecule has 1 unspecified atom stereocenters. The van der Waals surface area contributed by atoms with E-state index in [1.165, 1.54) is 11.1 Å². The largest absolute Gasteiger partial charge is 0.376 e. The van der Waals surface area contributed by atoms with Gasteiger partial charge in [-0.05, 0) is 23.3 Å². The van der Waals surface area contributed by atoms with Gasteiger partial charge in [0.2, 0.25) is 0 Å². The lowest BCUT2D eigenvalue weighted by Gasteiger charge is -2.22. The van der Waals surface area contributed by atoms with Gasteiger partial charge in [0, 0.05) is 10.4 Å². The molecule has 0 fully saturated rings. The second-order valence-electron chi connectivity index (χ2n) is 3.26. The van der Waals surface area contributed by atoms with Gasteiger partial charge in [-0.1, -0.05) is 28.9 Å². The fourth-order valence-corrected chi connectivity index (χ4v) is 2.02. The van der Waals surface area contributed by atoms with E-state index >= 15 is 0 Å². The molecule has 1 aromatic carbocycles. The van der Waals surface area contributed by atoms with Crippen molar-refractivity contribution in [1.82, 2.24) is 0 Å². The number of rotatable bonds is 0. The molecule has 0 amide bonds. The highest BCUT2D eigenvalue weighted by atomic mass is 79.9. The van der Waals surface area contributed by atoms with Crippen LogP contribution in [0.2, 0.25) is 0 Å². The van der Waals surface area contributed by atoms with Gasteiger partial charge in [-0.15, -0.1) is 0 Å². The number of hydrogen-bond acceptors (Lipinski definition) is 1. The van der Waals surface area contributed by atoms with Gasteiger partial charge in [-0.3, -0.25) is 0 Å². The van der Waals surface area contributed by atoms with Crippen LogP contribution in [-0.2, 0) is 11.3 Å². The summed E-state index contributed by atoms with van der Waals surface area (Å²) in [6.07, 6.45) is 0. The fourth-order valence-electron chi connectivity index (χ4n) is 1.62. The molecule has 1 nitrogen and oxygen atoms in total. The van der Waals surface area contributed by atoms with Crippen LogP contribution < -0.4 is 0 Å². The summed E-state index contributed by atoms with van der Waals surface area (Å²) in [4.78, 5) is 0. The van der Waals surface area contributed by atoms with E-state index in [-0.39, 0.29) is 0 Å². The summed E-state index contributed by atoms with van der Waals surface area (Å²) in [5.41, 5.74) is 2.76. The quantitative estimate of drug-likeness (QED) is 0.661. The molecular formula is C10H11BrO. The molecule has 1 heterocycles. The van der Waals surface area contributed by atoms with Crippen molar-refractivity contribution in [3.63, 3.8) is 0 Å². The van der Waals surface area contributed by atoms with E-state index < -0.39 is 0 Å². The van der Waals surface area contributed by atoms with Crippen LogP contribution in [0.3, 0.4) is 0 Å². The van der Waals surface area contributed by atoms with Gasteiger partial charge >= 0.3 is 0 Å². The average Bonchev–Trinajstić information content (AvgIpc) is 2.04. The van der Waals surface area contributed by atoms with Crippen LogP contribution in [0.5, 0.6) is 0 Å². The molecule has 0 N–H and O–H groups in total. The smallest absolute Gasteiger partial charge is 0.0720 e. The third-order valence-electron chi connectivity index (χ3n) is 2.26. The molecule has 1 aliphatic heterocycles. The molecule has 1 atom stereocenters. The van der Waals surface area contributed by atoms with Crippen LogP contribution in [0.4, 0.5) is 0 Å². The van der Waals surface area contributed by atoms with Crippen molar-refractivity contribution in [1.29, 1.82) is 0 Å². The number of benzene rings is 1. The average molecular weight is 227 g/mol. The van der Waals surface area contributed by atoms with Crippen molar-refractivity contribution in [2.45, 2.75) is 19.4 Å². The van der Waals surface area contributed by atoms with E-state index in [0.29, 0.717) is 5.92 Å². The number of hydrogen-bond donors (Lipinski definition) is 0. The van der Waals surface area contributed by atoms with E-state index in [9.17, 15) is 0 Å². The standard InChI is InChI=1S/C10H11BrO/c1-7-5-12-6-8-4-9(11)2-3-10(7)8/h2-4,7H,5-6H2,1H3. The zero-order chi connectivity index (χ0) is 8.55. The van der Waals surface area contributed by atoms with Crippen molar-refractivity contribution in [2.75, 3.05) is 6.61 Å². The number of ether oxygens (including phenoxy) is 1. The van der Waals surface area contributed by atoms with Crippen molar-refractivity contribution < 1.29 is 4.74 Å². The maximum absolute atomic E-state index is 5.44. The van der Waals surface area contributed by atoms with Crippen LogP contribution in [0, 0.1) is 0 Å². The van der Waals surface area contributed by atoms with E-state index in [2.05, 4.69) is 41.1 Å². The van der Waals surface area contributed by atoms with E-state index in [1.54, 1.807) is 0 Å². The summed E-state index contributed by atoms with van der Waals surface area (Å²) >= 11 is 3.45. The highest BCUT2D eigenvalue weighted by Crippen LogP contribution is 2.28. The van der Waals surface area contributed by atoms with E-state index in [4.69, 9.17) is 4.74 Å². The minimum absolute atomic E-state index is 0.543. The molecule has 0 aliphatic carbocycles. The SMILES string of the molecule is CC1COCc2cc(Br)ccc21. The third-order valence-corrected chi connectivity index (χ3v) is 2.75. The van der Waals surface area contributed by atoms with Crippen LogP contribution in [-0.4, -0.2) is 6.61 Å². The lowest BCUT2D eigenvalue weighted by atomic mass is 9.95. The third kappa shape index (κ3) is 1.41. The Morgan fingerprint density at radius 3 is 3.17 bits per heavy atom. The molecule has 0 aromatic heterocycles. The predicted molar refractivity (Wildman–Crippen MR) is 52.2 cm³/mol. The first-order valence-electron chi connectivity index (χ1n) is 4.13. The topological polar surface area (TPSA) is 9.23 Å². The Kier molecular flexibility index (Phi) is 2.20. The Bertz CT molecular complexity index is 296. The summed E-state index contributed by atoms with van der Waals surface area (Å²) in [7, 11) is 0. The van der Waals surface area contributed by atoms with Crippen molar-refractivity contribution in [3.8, 4) is 0 Å². The molecule has 1 aromatic rings. The van der Waals surface area contributed by atoms with Gasteiger partial charge in [0.25, 0.3) is 0 Å². The van der Waals surface area contributed by atoms with Gasteiger partial charge in [0.15, 0.2) is 0 Å². The first-order chi connectivity index (χ1) is 5.77. The molecule has 2 rings (SSSR count). The van der Waals surface area contributed by atoms with Crippen LogP contribution in [0.25, 0.3) is 0 Å². The monoisotopic (exact) mass is 226 g/mol. The fraction of sp³-hybridized carbons (Fsp3) is 0.400. The van der Waals surface area contributed by atoms with Gasteiger partial charge < -0.3 is 4.74 Å². The minimum atomic E-state index is 0.543. The highest BCUT2D eigenvalue weighted by Gasteiger charge is 2.15. The van der Waals surface area contributed by atoms with Crippen molar-refractivity contribution >= 4 is 15.9 Å². The molecule has 64 valence electrons. The summed E-state index contributed by atoms with van der Waals surface area (Å²) in [6.45, 7) is 3.82. The van der Waals surface area contributed by atoms with Gasteiger partial charge in [0.05, 0.1) is 13.2 Å². The Hall–Kier alpha value is -0.340. The van der Waals surface area contributed by atoms with Gasteiger partial charge in [-0.25, -0.2) is 0 Å². The molecule has 0 radical (unpaired) electrons. The molecule has 0 bridgehead atoms. The normalized spacial score (nSPS) is 22.0. The zero-order valence-electron chi connectivity index (χ0n) is 7.01. The lowest BCUT2D eigenvalue weighted by Crippen LogP contribution is -2.13.